The number of nitrogens with zero attached hydrogens (tertiary/aromatic N) is 2. The molecule has 130 valence electrons. The summed E-state index contributed by atoms with van der Waals surface area (Å²) in [4.78, 5) is 24.2. The van der Waals surface area contributed by atoms with Crippen LogP contribution in [0.1, 0.15) is 34.5 Å². The van der Waals surface area contributed by atoms with Crippen LogP contribution in [0.4, 0.5) is 5.69 Å². The maximum Gasteiger partial charge on any atom is 0.273 e. The largest absolute Gasteiger partial charge is 0.374 e. The van der Waals surface area contributed by atoms with Crippen LogP contribution in [0, 0.1) is 24.0 Å². The number of carbonyl (C=O) groups is 1. The van der Waals surface area contributed by atoms with Gasteiger partial charge in [0.05, 0.1) is 4.92 Å². The van der Waals surface area contributed by atoms with Gasteiger partial charge in [0.25, 0.3) is 11.7 Å². The first-order valence-corrected chi connectivity index (χ1v) is 8.30. The van der Waals surface area contributed by atoms with Gasteiger partial charge < -0.3 is 5.32 Å². The number of aromatic nitrogens is 1. The van der Waals surface area contributed by atoms with E-state index in [4.69, 9.17) is 12.2 Å². The molecule has 1 N–H and O–H groups in total. The Morgan fingerprint density at radius 1 is 1.36 bits per heavy atom. The number of ketones is 1. The third kappa shape index (κ3) is 4.24. The van der Waals surface area contributed by atoms with Gasteiger partial charge in [0.1, 0.15) is 0 Å². The first-order chi connectivity index (χ1) is 11.8. The summed E-state index contributed by atoms with van der Waals surface area (Å²) in [5.74, 6) is -0.287. The zero-order chi connectivity index (χ0) is 18.6. The van der Waals surface area contributed by atoms with E-state index in [2.05, 4.69) is 5.32 Å². The number of thiocarbonyl (C=S) groups is 1. The predicted octanol–water partition coefficient (Wildman–Crippen LogP) is 2.86. The van der Waals surface area contributed by atoms with Crippen LogP contribution in [0.15, 0.2) is 42.7 Å². The number of rotatable bonds is 6. The molecule has 0 aliphatic rings. The molecule has 0 saturated heterocycles. The minimum atomic E-state index is -0.753. The first-order valence-electron chi connectivity index (χ1n) is 7.89. The van der Waals surface area contributed by atoms with Crippen molar-refractivity contribution in [2.24, 2.45) is 0 Å². The number of nitro benzene ring substituents is 1. The number of likely N-dealkylation sites (N-methyl/N-ethyl adjacent to an activating group) is 1. The van der Waals surface area contributed by atoms with Gasteiger partial charge in [-0.15, -0.1) is 0 Å². The molecule has 1 heterocycles. The van der Waals surface area contributed by atoms with Crippen LogP contribution in [0.2, 0.25) is 0 Å². The monoisotopic (exact) mass is 358 g/mol. The molecule has 0 bridgehead atoms. The van der Waals surface area contributed by atoms with Crippen molar-refractivity contribution in [2.75, 3.05) is 6.54 Å². The molecule has 0 radical (unpaired) electrons. The van der Waals surface area contributed by atoms with Crippen LogP contribution in [0.3, 0.4) is 0 Å². The summed E-state index contributed by atoms with van der Waals surface area (Å²) in [7, 11) is 0. The van der Waals surface area contributed by atoms with Crippen molar-refractivity contribution in [2.45, 2.75) is 26.8 Å². The number of Topliss-reactive ketones (excluding diaryl/α,β-unsaturated/α-hetero) is 1. The highest BCUT2D eigenvalue weighted by Gasteiger charge is 2.34. The lowest BCUT2D eigenvalue weighted by atomic mass is 10.0. The summed E-state index contributed by atoms with van der Waals surface area (Å²) in [5.41, 5.74) is 1.68. The topological polar surface area (TPSA) is 76.1 Å². The van der Waals surface area contributed by atoms with Gasteiger partial charge in [0.2, 0.25) is 5.78 Å². The van der Waals surface area contributed by atoms with Crippen molar-refractivity contribution in [3.05, 3.63) is 69.5 Å². The molecule has 2 rings (SSSR count). The fraction of sp³-hybridized carbons (Fsp3) is 0.278. The second kappa shape index (κ2) is 7.94. The fourth-order valence-electron chi connectivity index (χ4n) is 2.55. The van der Waals surface area contributed by atoms with E-state index >= 15 is 0 Å². The highest BCUT2D eigenvalue weighted by Crippen LogP contribution is 2.21. The van der Waals surface area contributed by atoms with E-state index in [-0.39, 0.29) is 17.0 Å². The summed E-state index contributed by atoms with van der Waals surface area (Å²) in [6.45, 7) is 6.04. The molecule has 0 saturated carbocycles. The van der Waals surface area contributed by atoms with Gasteiger partial charge in [-0.1, -0.05) is 24.4 Å². The SMILES string of the molecule is CCNC(=S)C(C(=O)c1ccc(C)c([N+](=O)[O-])c1)[n+]1cccc(C)c1. The minimum Gasteiger partial charge on any atom is -0.374 e. The number of pyridine rings is 1. The summed E-state index contributed by atoms with van der Waals surface area (Å²) < 4.78 is 1.73. The molecular weight excluding hydrogens is 338 g/mol. The van der Waals surface area contributed by atoms with Crippen molar-refractivity contribution < 1.29 is 14.3 Å². The Balaban J connectivity index is 2.50. The number of hydrogen-bond acceptors (Lipinski definition) is 4. The Kier molecular flexibility index (Phi) is 5.93. The van der Waals surface area contributed by atoms with E-state index in [0.29, 0.717) is 17.1 Å². The number of benzene rings is 1. The van der Waals surface area contributed by atoms with Crippen molar-refractivity contribution >= 4 is 28.7 Å². The van der Waals surface area contributed by atoms with Gasteiger partial charge in [0.15, 0.2) is 17.4 Å². The van der Waals surface area contributed by atoms with Crippen LogP contribution in [-0.4, -0.2) is 22.2 Å². The van der Waals surface area contributed by atoms with Gasteiger partial charge in [-0.3, -0.25) is 14.9 Å². The summed E-state index contributed by atoms with van der Waals surface area (Å²) in [6, 6.07) is 7.50. The molecule has 0 spiro atoms. The van der Waals surface area contributed by atoms with Gasteiger partial charge >= 0.3 is 0 Å². The number of aryl methyl sites for hydroxylation is 2. The average molecular weight is 358 g/mol. The molecule has 25 heavy (non-hydrogen) atoms. The van der Waals surface area contributed by atoms with Gasteiger partial charge in [-0.25, -0.2) is 0 Å². The lowest BCUT2D eigenvalue weighted by molar-refractivity contribution is -0.692. The molecule has 6 nitrogen and oxygen atoms in total. The lowest BCUT2D eigenvalue weighted by Crippen LogP contribution is -2.51. The van der Waals surface area contributed by atoms with Gasteiger partial charge in [-0.2, -0.15) is 4.57 Å². The van der Waals surface area contributed by atoms with E-state index in [1.165, 1.54) is 6.07 Å². The van der Waals surface area contributed by atoms with Gasteiger partial charge in [-0.05, 0) is 26.8 Å². The molecule has 0 amide bonds. The van der Waals surface area contributed by atoms with Crippen molar-refractivity contribution in [3.8, 4) is 0 Å². The summed E-state index contributed by atoms with van der Waals surface area (Å²) in [5, 5.41) is 14.2. The Morgan fingerprint density at radius 2 is 2.08 bits per heavy atom. The standard InChI is InChI=1S/C18H19N3O3S/c1-4-19-18(25)16(20-9-5-6-12(2)11-20)17(22)14-8-7-13(3)15(10-14)21(23)24/h5-11,16H,4H2,1-3H3/p+1. The number of carbonyl (C=O) groups excluding carboxylic acids is 1. The van der Waals surface area contributed by atoms with E-state index in [0.717, 1.165) is 5.56 Å². The Morgan fingerprint density at radius 3 is 2.68 bits per heavy atom. The third-order valence-electron chi connectivity index (χ3n) is 3.81. The number of nitro groups is 1. The molecule has 1 aromatic heterocycles. The van der Waals surface area contributed by atoms with Crippen LogP contribution in [-0.2, 0) is 0 Å². The second-order valence-corrected chi connectivity index (χ2v) is 6.19. The van der Waals surface area contributed by atoms with E-state index in [1.54, 1.807) is 29.8 Å². The number of nitrogens with one attached hydrogen (secondary N) is 1. The molecule has 1 unspecified atom stereocenters. The highest BCUT2D eigenvalue weighted by molar-refractivity contribution is 7.80. The van der Waals surface area contributed by atoms with Gasteiger partial charge in [0, 0.05) is 35.4 Å². The molecule has 2 aromatic rings. The quantitative estimate of drug-likeness (QED) is 0.282. The Labute approximate surface area is 151 Å². The minimum absolute atomic E-state index is 0.0757. The molecule has 0 aliphatic heterocycles. The summed E-state index contributed by atoms with van der Waals surface area (Å²) in [6.07, 6.45) is 3.59. The van der Waals surface area contributed by atoms with Crippen LogP contribution in [0.5, 0.6) is 0 Å². The van der Waals surface area contributed by atoms with Crippen molar-refractivity contribution in [1.29, 1.82) is 0 Å². The highest BCUT2D eigenvalue weighted by atomic mass is 32.1. The smallest absolute Gasteiger partial charge is 0.273 e. The van der Waals surface area contributed by atoms with Crippen LogP contribution in [0.25, 0.3) is 0 Å². The predicted molar refractivity (Wildman–Crippen MR) is 98.8 cm³/mol. The normalized spacial score (nSPS) is 11.6. The molecular formula is C18H20N3O3S+. The van der Waals surface area contributed by atoms with Crippen LogP contribution < -0.4 is 9.88 Å². The molecule has 0 aliphatic carbocycles. The first kappa shape index (κ1) is 18.7. The van der Waals surface area contributed by atoms with E-state index in [9.17, 15) is 14.9 Å². The lowest BCUT2D eigenvalue weighted by Gasteiger charge is -2.14. The fourth-order valence-corrected chi connectivity index (χ4v) is 2.93. The zero-order valence-electron chi connectivity index (χ0n) is 14.4. The average Bonchev–Trinajstić information content (AvgIpc) is 2.55. The maximum absolute atomic E-state index is 13.1. The second-order valence-electron chi connectivity index (χ2n) is 5.75. The molecule has 1 atom stereocenters. The third-order valence-corrected chi connectivity index (χ3v) is 4.17. The van der Waals surface area contributed by atoms with Crippen LogP contribution >= 0.6 is 12.2 Å². The number of hydrogen-bond donors (Lipinski definition) is 1. The molecule has 7 heteroatoms. The Hall–Kier alpha value is -2.67. The summed E-state index contributed by atoms with van der Waals surface area (Å²) >= 11 is 5.40. The zero-order valence-corrected chi connectivity index (χ0v) is 15.2. The van der Waals surface area contributed by atoms with E-state index < -0.39 is 11.0 Å². The Bertz CT molecular complexity index is 836. The van der Waals surface area contributed by atoms with E-state index in [1.807, 2.05) is 32.2 Å². The maximum atomic E-state index is 13.1. The molecule has 1 aromatic carbocycles. The molecule has 0 fully saturated rings. The van der Waals surface area contributed by atoms with Crippen molar-refractivity contribution in [3.63, 3.8) is 0 Å². The van der Waals surface area contributed by atoms with Crippen molar-refractivity contribution in [1.82, 2.24) is 5.32 Å².